The maximum absolute atomic E-state index is 13.1. The Morgan fingerprint density at radius 1 is 1.36 bits per heavy atom. The van der Waals surface area contributed by atoms with E-state index in [0.717, 1.165) is 25.7 Å². The van der Waals surface area contributed by atoms with Crippen LogP contribution in [0.15, 0.2) is 36.5 Å². The van der Waals surface area contributed by atoms with Crippen LogP contribution in [0.5, 0.6) is 0 Å². The quantitative estimate of drug-likeness (QED) is 0.913. The van der Waals surface area contributed by atoms with Gasteiger partial charge in [-0.3, -0.25) is 9.48 Å². The van der Waals surface area contributed by atoms with Crippen LogP contribution in [-0.2, 0) is 13.5 Å². The Morgan fingerprint density at radius 3 is 2.76 bits per heavy atom. The van der Waals surface area contributed by atoms with Crippen LogP contribution in [0, 0.1) is 5.41 Å². The standard InChI is InChI=1S/C19H22ClN3O2/c1-22-11-15(20)17(21-22)18(25)23-14-7-8-16(23)19(10-14,12-24)9-13-5-3-2-4-6-13/h2-6,11,14,16,24H,7-10,12H2,1H3/t14-,16+,19-/m0/s1. The number of aromatic nitrogens is 2. The van der Waals surface area contributed by atoms with Crippen LogP contribution in [0.1, 0.15) is 35.3 Å². The van der Waals surface area contributed by atoms with Crippen LogP contribution in [0.2, 0.25) is 5.02 Å². The fourth-order valence-electron chi connectivity index (χ4n) is 4.74. The number of amides is 1. The van der Waals surface area contributed by atoms with Crippen molar-refractivity contribution in [3.05, 3.63) is 52.8 Å². The number of benzene rings is 1. The number of carbonyl (C=O) groups excluding carboxylic acids is 1. The van der Waals surface area contributed by atoms with E-state index in [1.54, 1.807) is 17.9 Å². The first kappa shape index (κ1) is 16.6. The summed E-state index contributed by atoms with van der Waals surface area (Å²) in [6.07, 6.45) is 5.17. The number of nitrogens with zero attached hydrogens (tertiary/aromatic N) is 3. The second-order valence-electron chi connectivity index (χ2n) is 7.35. The molecule has 1 N–H and O–H groups in total. The summed E-state index contributed by atoms with van der Waals surface area (Å²) in [4.78, 5) is 15.0. The Bertz CT molecular complexity index is 791. The number of fused-ring (bicyclic) bond motifs is 2. The molecule has 2 fully saturated rings. The van der Waals surface area contributed by atoms with E-state index >= 15 is 0 Å². The van der Waals surface area contributed by atoms with Gasteiger partial charge < -0.3 is 10.0 Å². The molecule has 2 aromatic rings. The predicted octanol–water partition coefficient (Wildman–Crippen LogP) is 2.67. The molecule has 3 atom stereocenters. The van der Waals surface area contributed by atoms with Gasteiger partial charge in [0.1, 0.15) is 0 Å². The minimum atomic E-state index is -0.277. The molecule has 5 nitrogen and oxygen atoms in total. The van der Waals surface area contributed by atoms with Crippen LogP contribution >= 0.6 is 11.6 Å². The topological polar surface area (TPSA) is 58.4 Å². The normalized spacial score (nSPS) is 27.9. The average molecular weight is 360 g/mol. The van der Waals surface area contributed by atoms with Crippen molar-refractivity contribution >= 4 is 17.5 Å². The Balaban J connectivity index is 1.64. The van der Waals surface area contributed by atoms with Gasteiger partial charge in [0.25, 0.3) is 5.91 Å². The molecule has 0 unspecified atom stereocenters. The maximum Gasteiger partial charge on any atom is 0.276 e. The highest BCUT2D eigenvalue weighted by atomic mass is 35.5. The first-order valence-electron chi connectivity index (χ1n) is 8.71. The minimum Gasteiger partial charge on any atom is -0.396 e. The zero-order valence-corrected chi connectivity index (χ0v) is 15.0. The fraction of sp³-hybridized carbons (Fsp3) is 0.474. The lowest BCUT2D eigenvalue weighted by atomic mass is 9.70. The fourth-order valence-corrected chi connectivity index (χ4v) is 5.00. The van der Waals surface area contributed by atoms with Gasteiger partial charge in [0.15, 0.2) is 5.69 Å². The number of hydrogen-bond acceptors (Lipinski definition) is 3. The van der Waals surface area contributed by atoms with E-state index in [1.165, 1.54) is 5.56 Å². The summed E-state index contributed by atoms with van der Waals surface area (Å²) < 4.78 is 1.57. The van der Waals surface area contributed by atoms with E-state index in [1.807, 2.05) is 23.1 Å². The summed E-state index contributed by atoms with van der Waals surface area (Å²) >= 11 is 6.19. The third-order valence-electron chi connectivity index (χ3n) is 5.79. The lowest BCUT2D eigenvalue weighted by Gasteiger charge is -2.36. The molecule has 0 saturated carbocycles. The monoisotopic (exact) mass is 359 g/mol. The zero-order valence-electron chi connectivity index (χ0n) is 14.2. The van der Waals surface area contributed by atoms with E-state index in [4.69, 9.17) is 11.6 Å². The van der Waals surface area contributed by atoms with Gasteiger partial charge in [-0.1, -0.05) is 41.9 Å². The molecule has 2 saturated heterocycles. The van der Waals surface area contributed by atoms with Crippen molar-refractivity contribution in [2.45, 2.75) is 37.8 Å². The summed E-state index contributed by atoms with van der Waals surface area (Å²) in [7, 11) is 1.76. The number of aliphatic hydroxyl groups is 1. The van der Waals surface area contributed by atoms with Crippen LogP contribution in [0.4, 0.5) is 0 Å². The minimum absolute atomic E-state index is 0.0354. The van der Waals surface area contributed by atoms with Crippen molar-refractivity contribution in [2.75, 3.05) is 6.61 Å². The zero-order chi connectivity index (χ0) is 17.6. The summed E-state index contributed by atoms with van der Waals surface area (Å²) in [5.41, 5.74) is 1.24. The highest BCUT2D eigenvalue weighted by Gasteiger charge is 2.57. The molecule has 1 amide bonds. The summed E-state index contributed by atoms with van der Waals surface area (Å²) in [5, 5.41) is 14.9. The second kappa shape index (κ2) is 6.15. The second-order valence-corrected chi connectivity index (χ2v) is 7.75. The molecule has 1 aromatic carbocycles. The van der Waals surface area contributed by atoms with Gasteiger partial charge in [-0.15, -0.1) is 0 Å². The van der Waals surface area contributed by atoms with Crippen molar-refractivity contribution < 1.29 is 9.90 Å². The van der Waals surface area contributed by atoms with Gasteiger partial charge in [0.05, 0.1) is 11.6 Å². The molecule has 4 rings (SSSR count). The molecule has 3 heterocycles. The van der Waals surface area contributed by atoms with E-state index in [0.29, 0.717) is 10.7 Å². The number of aryl methyl sites for hydroxylation is 1. The molecule has 1 aromatic heterocycles. The van der Waals surface area contributed by atoms with Gasteiger partial charge in [-0.05, 0) is 31.2 Å². The Morgan fingerprint density at radius 2 is 2.12 bits per heavy atom. The molecule has 6 heteroatoms. The number of rotatable bonds is 4. The Labute approximate surface area is 152 Å². The molecular formula is C19H22ClN3O2. The van der Waals surface area contributed by atoms with Gasteiger partial charge in [0, 0.05) is 30.7 Å². The summed E-state index contributed by atoms with van der Waals surface area (Å²) in [6, 6.07) is 10.4. The smallest absolute Gasteiger partial charge is 0.276 e. The predicted molar refractivity (Wildman–Crippen MR) is 95.5 cm³/mol. The highest BCUT2D eigenvalue weighted by molar-refractivity contribution is 6.33. The van der Waals surface area contributed by atoms with Crippen molar-refractivity contribution in [1.82, 2.24) is 14.7 Å². The van der Waals surface area contributed by atoms with E-state index in [-0.39, 0.29) is 30.0 Å². The van der Waals surface area contributed by atoms with Crippen molar-refractivity contribution in [1.29, 1.82) is 0 Å². The van der Waals surface area contributed by atoms with Gasteiger partial charge in [-0.25, -0.2) is 0 Å². The number of carbonyl (C=O) groups is 1. The lowest BCUT2D eigenvalue weighted by molar-refractivity contribution is 0.0566. The molecule has 25 heavy (non-hydrogen) atoms. The number of hydrogen-bond donors (Lipinski definition) is 1. The van der Waals surface area contributed by atoms with E-state index in [2.05, 4.69) is 17.2 Å². The first-order valence-corrected chi connectivity index (χ1v) is 9.08. The molecule has 0 spiro atoms. The van der Waals surface area contributed by atoms with E-state index in [9.17, 15) is 9.90 Å². The number of halogens is 1. The molecule has 132 valence electrons. The summed E-state index contributed by atoms with van der Waals surface area (Å²) in [5.74, 6) is -0.110. The average Bonchev–Trinajstić information content (AvgIpc) is 3.26. The van der Waals surface area contributed by atoms with Gasteiger partial charge in [-0.2, -0.15) is 5.10 Å². The van der Waals surface area contributed by atoms with Crippen LogP contribution in [-0.4, -0.2) is 44.4 Å². The summed E-state index contributed by atoms with van der Waals surface area (Å²) in [6.45, 7) is 0.0861. The Hall–Kier alpha value is -1.85. The van der Waals surface area contributed by atoms with Gasteiger partial charge in [0.2, 0.25) is 0 Å². The first-order chi connectivity index (χ1) is 12.0. The maximum atomic E-state index is 13.1. The third-order valence-corrected chi connectivity index (χ3v) is 6.06. The van der Waals surface area contributed by atoms with Crippen molar-refractivity contribution in [2.24, 2.45) is 12.5 Å². The molecule has 0 radical (unpaired) electrons. The van der Waals surface area contributed by atoms with Gasteiger partial charge >= 0.3 is 0 Å². The molecule has 2 aliphatic rings. The Kier molecular flexibility index (Phi) is 4.08. The van der Waals surface area contributed by atoms with Crippen molar-refractivity contribution in [3.63, 3.8) is 0 Å². The lowest BCUT2D eigenvalue weighted by Crippen LogP contribution is -2.44. The van der Waals surface area contributed by atoms with Crippen LogP contribution in [0.3, 0.4) is 0 Å². The molecule has 2 bridgehead atoms. The SMILES string of the molecule is Cn1cc(Cl)c(C(=O)N2[C@H]3CC[C@@H]2[C@@](CO)(Cc2ccccc2)C3)n1. The molecular weight excluding hydrogens is 338 g/mol. The van der Waals surface area contributed by atoms with Crippen LogP contribution < -0.4 is 0 Å². The third kappa shape index (κ3) is 2.66. The highest BCUT2D eigenvalue weighted by Crippen LogP contribution is 2.51. The van der Waals surface area contributed by atoms with E-state index < -0.39 is 0 Å². The van der Waals surface area contributed by atoms with Crippen LogP contribution in [0.25, 0.3) is 0 Å². The van der Waals surface area contributed by atoms with Crippen molar-refractivity contribution in [3.8, 4) is 0 Å². The molecule has 0 aliphatic carbocycles. The largest absolute Gasteiger partial charge is 0.396 e. The number of aliphatic hydroxyl groups excluding tert-OH is 1. The molecule has 2 aliphatic heterocycles.